The number of aromatic nitrogens is 4. The lowest BCUT2D eigenvalue weighted by atomic mass is 10.1. The van der Waals surface area contributed by atoms with Gasteiger partial charge in [-0.3, -0.25) is 4.21 Å². The van der Waals surface area contributed by atoms with Gasteiger partial charge in [-0.25, -0.2) is 9.07 Å². The summed E-state index contributed by atoms with van der Waals surface area (Å²) in [7, 11) is -0.990. The van der Waals surface area contributed by atoms with Crippen molar-refractivity contribution < 1.29 is 8.60 Å². The maximum Gasteiger partial charge on any atom is 0.185 e. The van der Waals surface area contributed by atoms with Gasteiger partial charge in [-0.2, -0.15) is 0 Å². The lowest BCUT2D eigenvalue weighted by Gasteiger charge is -2.12. The van der Waals surface area contributed by atoms with Crippen LogP contribution in [0, 0.1) is 5.82 Å². The summed E-state index contributed by atoms with van der Waals surface area (Å²) >= 11 is 0. The molecular formula is C11H14FN5OS. The summed E-state index contributed by atoms with van der Waals surface area (Å²) in [6, 6.07) is 4.02. The first-order valence-electron chi connectivity index (χ1n) is 5.62. The van der Waals surface area contributed by atoms with E-state index < -0.39 is 16.6 Å². The lowest BCUT2D eigenvalue weighted by molar-refractivity contribution is 0.519. The van der Waals surface area contributed by atoms with Crippen LogP contribution in [0.5, 0.6) is 0 Å². The van der Waals surface area contributed by atoms with E-state index in [1.54, 1.807) is 6.26 Å². The van der Waals surface area contributed by atoms with Crippen molar-refractivity contribution >= 4 is 16.5 Å². The van der Waals surface area contributed by atoms with Crippen LogP contribution in [0.2, 0.25) is 0 Å². The molecular weight excluding hydrogens is 269 g/mol. The first kappa shape index (κ1) is 13.6. The zero-order valence-electron chi connectivity index (χ0n) is 10.6. The molecule has 2 unspecified atom stereocenters. The molecule has 0 fully saturated rings. The molecule has 0 aliphatic heterocycles. The number of anilines is 1. The minimum Gasteiger partial charge on any atom is -0.399 e. The molecule has 0 radical (unpaired) electrons. The Bertz CT molecular complexity index is 615. The van der Waals surface area contributed by atoms with Gasteiger partial charge in [0.1, 0.15) is 5.82 Å². The van der Waals surface area contributed by atoms with Gasteiger partial charge in [0.15, 0.2) is 5.82 Å². The SMILES string of the molecule is CC(CS(C)=O)n1nnnc1-c1cc(N)ccc1F. The molecule has 0 saturated heterocycles. The summed E-state index contributed by atoms with van der Waals surface area (Å²) in [5.74, 6) is 0.222. The Labute approximate surface area is 112 Å². The van der Waals surface area contributed by atoms with E-state index in [0.717, 1.165) is 0 Å². The maximum absolute atomic E-state index is 13.8. The molecule has 0 bridgehead atoms. The van der Waals surface area contributed by atoms with E-state index in [0.29, 0.717) is 11.4 Å². The Morgan fingerprint density at radius 1 is 1.53 bits per heavy atom. The van der Waals surface area contributed by atoms with Gasteiger partial charge in [0.05, 0.1) is 11.6 Å². The van der Waals surface area contributed by atoms with Crippen LogP contribution in [0.15, 0.2) is 18.2 Å². The predicted molar refractivity (Wildman–Crippen MR) is 71.3 cm³/mol. The van der Waals surface area contributed by atoms with Gasteiger partial charge in [-0.05, 0) is 35.5 Å². The number of benzene rings is 1. The third-order valence-electron chi connectivity index (χ3n) is 2.62. The molecule has 1 aromatic carbocycles. The summed E-state index contributed by atoms with van der Waals surface area (Å²) in [5.41, 5.74) is 6.31. The summed E-state index contributed by atoms with van der Waals surface area (Å²) in [6.07, 6.45) is 1.60. The largest absolute Gasteiger partial charge is 0.399 e. The molecule has 8 heteroatoms. The topological polar surface area (TPSA) is 86.7 Å². The molecule has 2 N–H and O–H groups in total. The van der Waals surface area contributed by atoms with Crippen molar-refractivity contribution in [2.24, 2.45) is 0 Å². The van der Waals surface area contributed by atoms with Crippen molar-refractivity contribution in [3.63, 3.8) is 0 Å². The average Bonchev–Trinajstić information content (AvgIpc) is 2.80. The third-order valence-corrected chi connectivity index (χ3v) is 3.57. The summed E-state index contributed by atoms with van der Waals surface area (Å²) in [4.78, 5) is 0. The molecule has 0 aliphatic rings. The van der Waals surface area contributed by atoms with Crippen LogP contribution in [0.4, 0.5) is 10.1 Å². The van der Waals surface area contributed by atoms with Crippen LogP contribution in [-0.4, -0.2) is 36.4 Å². The fourth-order valence-electron chi connectivity index (χ4n) is 1.79. The van der Waals surface area contributed by atoms with Crippen LogP contribution in [0.1, 0.15) is 13.0 Å². The maximum atomic E-state index is 13.8. The minimum atomic E-state index is -0.990. The number of rotatable bonds is 4. The van der Waals surface area contributed by atoms with Crippen LogP contribution in [-0.2, 0) is 10.8 Å². The first-order chi connectivity index (χ1) is 8.99. The average molecular weight is 283 g/mol. The number of nitrogens with two attached hydrogens (primary N) is 1. The smallest absolute Gasteiger partial charge is 0.185 e. The van der Waals surface area contributed by atoms with Crippen LogP contribution >= 0.6 is 0 Å². The Balaban J connectivity index is 2.44. The van der Waals surface area contributed by atoms with Gasteiger partial charge in [-0.15, -0.1) is 5.10 Å². The minimum absolute atomic E-state index is 0.198. The van der Waals surface area contributed by atoms with Crippen molar-refractivity contribution in [3.05, 3.63) is 24.0 Å². The normalized spacial score (nSPS) is 14.3. The van der Waals surface area contributed by atoms with E-state index in [1.807, 2.05) is 6.92 Å². The monoisotopic (exact) mass is 283 g/mol. The van der Waals surface area contributed by atoms with E-state index in [9.17, 15) is 8.60 Å². The number of hydrogen-bond donors (Lipinski definition) is 1. The molecule has 0 aliphatic carbocycles. The van der Waals surface area contributed by atoms with Crippen molar-refractivity contribution in [1.29, 1.82) is 0 Å². The Morgan fingerprint density at radius 2 is 2.26 bits per heavy atom. The number of tetrazole rings is 1. The van der Waals surface area contributed by atoms with Crippen LogP contribution in [0.25, 0.3) is 11.4 Å². The highest BCUT2D eigenvalue weighted by molar-refractivity contribution is 7.84. The van der Waals surface area contributed by atoms with E-state index in [2.05, 4.69) is 15.5 Å². The standard InChI is InChI=1S/C11H14FN5OS/c1-7(6-19(2)18)17-11(14-15-16-17)9-5-8(13)3-4-10(9)12/h3-5,7H,6,13H2,1-2H3. The molecule has 2 rings (SSSR count). The number of nitrogen functional groups attached to an aromatic ring is 1. The number of nitrogens with zero attached hydrogens (tertiary/aromatic N) is 4. The quantitative estimate of drug-likeness (QED) is 0.846. The third kappa shape index (κ3) is 2.95. The molecule has 0 spiro atoms. The van der Waals surface area contributed by atoms with Gasteiger partial charge in [-0.1, -0.05) is 0 Å². The lowest BCUT2D eigenvalue weighted by Crippen LogP contribution is -2.16. The zero-order chi connectivity index (χ0) is 14.0. The van der Waals surface area contributed by atoms with Crippen molar-refractivity contribution in [2.45, 2.75) is 13.0 Å². The van der Waals surface area contributed by atoms with Crippen molar-refractivity contribution in [3.8, 4) is 11.4 Å². The van der Waals surface area contributed by atoms with E-state index in [1.165, 1.54) is 22.9 Å². The Morgan fingerprint density at radius 3 is 2.95 bits per heavy atom. The number of halogens is 1. The van der Waals surface area contributed by atoms with Crippen LogP contribution in [0.3, 0.4) is 0 Å². The van der Waals surface area contributed by atoms with E-state index in [-0.39, 0.29) is 17.4 Å². The fraction of sp³-hybridized carbons (Fsp3) is 0.364. The zero-order valence-corrected chi connectivity index (χ0v) is 11.4. The molecule has 102 valence electrons. The van der Waals surface area contributed by atoms with Gasteiger partial charge < -0.3 is 5.73 Å². The summed E-state index contributed by atoms with van der Waals surface area (Å²) < 4.78 is 26.5. The molecule has 0 amide bonds. The van der Waals surface area contributed by atoms with Gasteiger partial charge in [0.2, 0.25) is 0 Å². The van der Waals surface area contributed by atoms with Gasteiger partial charge in [0, 0.05) is 28.5 Å². The second kappa shape index (κ2) is 5.43. The number of hydrogen-bond acceptors (Lipinski definition) is 5. The van der Waals surface area contributed by atoms with Gasteiger partial charge >= 0.3 is 0 Å². The Hall–Kier alpha value is -1.83. The van der Waals surface area contributed by atoms with Crippen molar-refractivity contribution in [2.75, 3.05) is 17.7 Å². The highest BCUT2D eigenvalue weighted by Crippen LogP contribution is 2.24. The molecule has 6 nitrogen and oxygen atoms in total. The second-order valence-electron chi connectivity index (χ2n) is 4.28. The fourth-order valence-corrected chi connectivity index (χ4v) is 2.61. The molecule has 1 heterocycles. The highest BCUT2D eigenvalue weighted by Gasteiger charge is 2.18. The molecule has 19 heavy (non-hydrogen) atoms. The molecule has 2 aromatic rings. The first-order valence-corrected chi connectivity index (χ1v) is 7.35. The van der Waals surface area contributed by atoms with E-state index in [4.69, 9.17) is 5.73 Å². The second-order valence-corrected chi connectivity index (χ2v) is 5.75. The van der Waals surface area contributed by atoms with Gasteiger partial charge in [0.25, 0.3) is 0 Å². The van der Waals surface area contributed by atoms with Crippen LogP contribution < -0.4 is 5.73 Å². The highest BCUT2D eigenvalue weighted by atomic mass is 32.2. The Kier molecular flexibility index (Phi) is 3.89. The molecule has 2 atom stereocenters. The summed E-state index contributed by atoms with van der Waals surface area (Å²) in [5, 5.41) is 11.2. The van der Waals surface area contributed by atoms with E-state index >= 15 is 0 Å². The summed E-state index contributed by atoms with van der Waals surface area (Å²) in [6.45, 7) is 1.82. The molecule has 1 aromatic heterocycles. The van der Waals surface area contributed by atoms with Crippen molar-refractivity contribution in [1.82, 2.24) is 20.2 Å². The predicted octanol–water partition coefficient (Wildman–Crippen LogP) is 1.00. The molecule has 0 saturated carbocycles.